The maximum Gasteiger partial charge on any atom is 0.303 e. The molecule has 0 aliphatic carbocycles. The van der Waals surface area contributed by atoms with Gasteiger partial charge in [0.2, 0.25) is 5.91 Å². The number of carboxylic acid groups (broad SMARTS) is 1. The van der Waals surface area contributed by atoms with E-state index in [0.29, 0.717) is 6.42 Å². The lowest BCUT2D eigenvalue weighted by molar-refractivity contribution is -0.140. The van der Waals surface area contributed by atoms with Gasteiger partial charge in [0, 0.05) is 29.7 Å². The molecule has 118 valence electrons. The second-order valence-corrected chi connectivity index (χ2v) is 7.08. The van der Waals surface area contributed by atoms with Crippen LogP contribution in [0.2, 0.25) is 0 Å². The van der Waals surface area contributed by atoms with Crippen molar-refractivity contribution in [3.05, 3.63) is 29.8 Å². The van der Waals surface area contributed by atoms with E-state index in [4.69, 9.17) is 5.11 Å². The van der Waals surface area contributed by atoms with Crippen LogP contribution in [0.15, 0.2) is 29.2 Å². The summed E-state index contributed by atoms with van der Waals surface area (Å²) in [5, 5.41) is 8.90. The molecule has 0 radical (unpaired) electrons. The van der Waals surface area contributed by atoms with Crippen LogP contribution in [0.4, 0.5) is 0 Å². The van der Waals surface area contributed by atoms with E-state index in [9.17, 15) is 9.59 Å². The number of aliphatic carboxylic acids is 1. The normalized spacial score (nSPS) is 24.1. The number of carbonyl (C=O) groups excluding carboxylic acids is 1. The van der Waals surface area contributed by atoms with Crippen molar-refractivity contribution in [2.45, 2.75) is 49.0 Å². The number of piperidine rings is 1. The standard InChI is InChI=1S/C17H21NO3S/c19-16(20)9-8-12-5-3-4-10-18(12)17(21)14-11-22-15-7-2-1-6-13(14)15/h1-2,6-7,12,14H,3-5,8-11H2,(H,19,20). The predicted octanol–water partition coefficient (Wildman–Crippen LogP) is 3.12. The fourth-order valence-electron chi connectivity index (χ4n) is 3.45. The van der Waals surface area contributed by atoms with Crippen molar-refractivity contribution in [1.82, 2.24) is 4.90 Å². The first-order valence-electron chi connectivity index (χ1n) is 7.91. The third-order valence-corrected chi connectivity index (χ3v) is 5.78. The molecule has 1 saturated heterocycles. The van der Waals surface area contributed by atoms with E-state index in [1.54, 1.807) is 11.8 Å². The highest BCUT2D eigenvalue weighted by Crippen LogP contribution is 2.41. The Bertz CT molecular complexity index is 575. The number of rotatable bonds is 4. The summed E-state index contributed by atoms with van der Waals surface area (Å²) in [4.78, 5) is 27.0. The quantitative estimate of drug-likeness (QED) is 0.926. The first-order valence-corrected chi connectivity index (χ1v) is 8.89. The largest absolute Gasteiger partial charge is 0.481 e. The van der Waals surface area contributed by atoms with E-state index in [0.717, 1.165) is 37.1 Å². The molecule has 0 bridgehead atoms. The molecule has 2 aliphatic rings. The van der Waals surface area contributed by atoms with E-state index in [2.05, 4.69) is 6.07 Å². The SMILES string of the molecule is O=C(O)CCC1CCCCN1C(=O)C1CSc2ccccc21. The number of amides is 1. The monoisotopic (exact) mass is 319 g/mol. The molecule has 3 rings (SSSR count). The zero-order valence-electron chi connectivity index (χ0n) is 12.5. The molecule has 4 nitrogen and oxygen atoms in total. The topological polar surface area (TPSA) is 57.6 Å². The van der Waals surface area contributed by atoms with Crippen LogP contribution in [0.1, 0.15) is 43.6 Å². The molecule has 2 aliphatic heterocycles. The first kappa shape index (κ1) is 15.4. The Hall–Kier alpha value is -1.49. The lowest BCUT2D eigenvalue weighted by Gasteiger charge is -2.37. The van der Waals surface area contributed by atoms with Crippen molar-refractivity contribution in [1.29, 1.82) is 0 Å². The molecule has 2 unspecified atom stereocenters. The molecule has 1 aromatic rings. The number of fused-ring (bicyclic) bond motifs is 1. The second kappa shape index (κ2) is 6.73. The smallest absolute Gasteiger partial charge is 0.303 e. The van der Waals surface area contributed by atoms with Gasteiger partial charge in [-0.3, -0.25) is 9.59 Å². The number of thioether (sulfide) groups is 1. The zero-order chi connectivity index (χ0) is 15.5. The summed E-state index contributed by atoms with van der Waals surface area (Å²) in [7, 11) is 0. The van der Waals surface area contributed by atoms with Crippen LogP contribution in [-0.4, -0.2) is 40.2 Å². The van der Waals surface area contributed by atoms with Crippen molar-refractivity contribution in [3.8, 4) is 0 Å². The van der Waals surface area contributed by atoms with Gasteiger partial charge in [0.1, 0.15) is 0 Å². The van der Waals surface area contributed by atoms with E-state index in [-0.39, 0.29) is 24.3 Å². The fraction of sp³-hybridized carbons (Fsp3) is 0.529. The number of carbonyl (C=O) groups is 2. The highest BCUT2D eigenvalue weighted by Gasteiger charge is 2.35. The van der Waals surface area contributed by atoms with Crippen LogP contribution in [-0.2, 0) is 9.59 Å². The van der Waals surface area contributed by atoms with Crippen LogP contribution in [0.5, 0.6) is 0 Å². The van der Waals surface area contributed by atoms with E-state index in [1.165, 1.54) is 4.90 Å². The molecule has 1 fully saturated rings. The average molecular weight is 319 g/mol. The highest BCUT2D eigenvalue weighted by atomic mass is 32.2. The molecule has 5 heteroatoms. The molecular formula is C17H21NO3S. The maximum atomic E-state index is 13.0. The van der Waals surface area contributed by atoms with Crippen LogP contribution in [0.3, 0.4) is 0 Å². The summed E-state index contributed by atoms with van der Waals surface area (Å²) in [6.45, 7) is 0.770. The van der Waals surface area contributed by atoms with Crippen LogP contribution in [0, 0.1) is 0 Å². The van der Waals surface area contributed by atoms with Gasteiger partial charge in [-0.15, -0.1) is 11.8 Å². The molecule has 2 atom stereocenters. The van der Waals surface area contributed by atoms with Crippen LogP contribution in [0.25, 0.3) is 0 Å². The van der Waals surface area contributed by atoms with Crippen molar-refractivity contribution in [3.63, 3.8) is 0 Å². The van der Waals surface area contributed by atoms with Gasteiger partial charge in [-0.05, 0) is 37.3 Å². The van der Waals surface area contributed by atoms with Gasteiger partial charge in [-0.2, -0.15) is 0 Å². The minimum Gasteiger partial charge on any atom is -0.481 e. The van der Waals surface area contributed by atoms with Gasteiger partial charge < -0.3 is 10.0 Å². The summed E-state index contributed by atoms with van der Waals surface area (Å²) in [6, 6.07) is 8.22. The predicted molar refractivity (Wildman–Crippen MR) is 86.1 cm³/mol. The maximum absolute atomic E-state index is 13.0. The van der Waals surface area contributed by atoms with Crippen molar-refractivity contribution in [2.24, 2.45) is 0 Å². The molecule has 1 N–H and O–H groups in total. The molecular weight excluding hydrogens is 298 g/mol. The third kappa shape index (κ3) is 3.14. The molecule has 0 saturated carbocycles. The second-order valence-electron chi connectivity index (χ2n) is 6.02. The molecule has 2 heterocycles. The highest BCUT2D eigenvalue weighted by molar-refractivity contribution is 7.99. The fourth-order valence-corrected chi connectivity index (χ4v) is 4.67. The average Bonchev–Trinajstić information content (AvgIpc) is 2.96. The summed E-state index contributed by atoms with van der Waals surface area (Å²) >= 11 is 1.75. The summed E-state index contributed by atoms with van der Waals surface area (Å²) in [5.41, 5.74) is 1.14. The molecule has 1 aromatic carbocycles. The Morgan fingerprint density at radius 1 is 1.27 bits per heavy atom. The first-order chi connectivity index (χ1) is 10.7. The van der Waals surface area contributed by atoms with E-state index >= 15 is 0 Å². The number of hydrogen-bond acceptors (Lipinski definition) is 3. The summed E-state index contributed by atoms with van der Waals surface area (Å²) in [6.07, 6.45) is 3.76. The number of nitrogens with zero attached hydrogens (tertiary/aromatic N) is 1. The minimum absolute atomic E-state index is 0.0633. The van der Waals surface area contributed by atoms with Gasteiger partial charge in [0.05, 0.1) is 5.92 Å². The number of hydrogen-bond donors (Lipinski definition) is 1. The van der Waals surface area contributed by atoms with Gasteiger partial charge in [0.25, 0.3) is 0 Å². The van der Waals surface area contributed by atoms with Crippen molar-refractivity contribution < 1.29 is 14.7 Å². The Kier molecular flexibility index (Phi) is 4.71. The van der Waals surface area contributed by atoms with E-state index < -0.39 is 5.97 Å². The summed E-state index contributed by atoms with van der Waals surface area (Å²) < 4.78 is 0. The lowest BCUT2D eigenvalue weighted by atomic mass is 9.93. The molecule has 0 aromatic heterocycles. The minimum atomic E-state index is -0.778. The lowest BCUT2D eigenvalue weighted by Crippen LogP contribution is -2.46. The van der Waals surface area contributed by atoms with Gasteiger partial charge >= 0.3 is 5.97 Å². The van der Waals surface area contributed by atoms with Crippen molar-refractivity contribution >= 4 is 23.6 Å². The van der Waals surface area contributed by atoms with Gasteiger partial charge in [-0.1, -0.05) is 18.2 Å². The molecule has 0 spiro atoms. The van der Waals surface area contributed by atoms with E-state index in [1.807, 2.05) is 23.1 Å². The molecule has 22 heavy (non-hydrogen) atoms. The number of benzene rings is 1. The number of likely N-dealkylation sites (tertiary alicyclic amines) is 1. The van der Waals surface area contributed by atoms with Crippen LogP contribution < -0.4 is 0 Å². The third-order valence-electron chi connectivity index (χ3n) is 4.60. The van der Waals surface area contributed by atoms with Gasteiger partial charge in [0.15, 0.2) is 0 Å². The Labute approximate surface area is 134 Å². The Morgan fingerprint density at radius 2 is 2.09 bits per heavy atom. The Balaban J connectivity index is 1.74. The summed E-state index contributed by atoms with van der Waals surface area (Å²) in [5.74, 6) is 0.152. The zero-order valence-corrected chi connectivity index (χ0v) is 13.3. The number of carboxylic acids is 1. The van der Waals surface area contributed by atoms with Crippen molar-refractivity contribution in [2.75, 3.05) is 12.3 Å². The van der Waals surface area contributed by atoms with Gasteiger partial charge in [-0.25, -0.2) is 0 Å². The Morgan fingerprint density at radius 3 is 2.91 bits per heavy atom. The molecule has 1 amide bonds. The van der Waals surface area contributed by atoms with Crippen LogP contribution >= 0.6 is 11.8 Å².